The largest absolute Gasteiger partial charge is 0.341 e. The molecular formula is C18H22N8. The van der Waals surface area contributed by atoms with Crippen molar-refractivity contribution in [3.63, 3.8) is 0 Å². The molecule has 3 aromatic heterocycles. The van der Waals surface area contributed by atoms with Crippen LogP contribution in [0.4, 0.5) is 5.82 Å². The molecule has 1 atom stereocenters. The van der Waals surface area contributed by atoms with Crippen LogP contribution >= 0.6 is 0 Å². The molecule has 8 nitrogen and oxygen atoms in total. The van der Waals surface area contributed by atoms with Crippen molar-refractivity contribution >= 4 is 5.82 Å². The van der Waals surface area contributed by atoms with Crippen LogP contribution in [0.2, 0.25) is 0 Å². The number of fused-ring (bicyclic) bond motifs is 3. The Labute approximate surface area is 151 Å². The van der Waals surface area contributed by atoms with E-state index in [2.05, 4.69) is 36.6 Å². The molecule has 0 aromatic carbocycles. The van der Waals surface area contributed by atoms with E-state index < -0.39 is 0 Å². The Hall–Kier alpha value is -2.77. The Morgan fingerprint density at radius 3 is 2.77 bits per heavy atom. The molecule has 0 radical (unpaired) electrons. The normalized spacial score (nSPS) is 19.6. The van der Waals surface area contributed by atoms with Crippen molar-refractivity contribution in [2.75, 3.05) is 4.90 Å². The number of imidazole rings is 1. The lowest BCUT2D eigenvalue weighted by Gasteiger charge is -2.41. The lowest BCUT2D eigenvalue weighted by atomic mass is 10.0. The van der Waals surface area contributed by atoms with Crippen molar-refractivity contribution in [2.24, 2.45) is 0 Å². The van der Waals surface area contributed by atoms with Gasteiger partial charge in [0.1, 0.15) is 17.8 Å². The number of aromatic nitrogens is 7. The number of hydrogen-bond acceptors (Lipinski definition) is 6. The summed E-state index contributed by atoms with van der Waals surface area (Å²) in [5.41, 5.74) is 0.975. The minimum Gasteiger partial charge on any atom is -0.341 e. The summed E-state index contributed by atoms with van der Waals surface area (Å²) in [6.07, 6.45) is 13.2. The topological polar surface area (TPSA) is 77.5 Å². The maximum absolute atomic E-state index is 4.96. The van der Waals surface area contributed by atoms with Crippen LogP contribution in [0.5, 0.6) is 0 Å². The molecule has 0 bridgehead atoms. The third kappa shape index (κ3) is 2.17. The second kappa shape index (κ2) is 5.89. The second-order valence-electron chi connectivity index (χ2n) is 7.06. The number of nitrogens with zero attached hydrogens (tertiary/aromatic N) is 8. The maximum Gasteiger partial charge on any atom is 0.236 e. The highest BCUT2D eigenvalue weighted by Crippen LogP contribution is 2.43. The second-order valence-corrected chi connectivity index (χ2v) is 7.06. The molecule has 4 heterocycles. The smallest absolute Gasteiger partial charge is 0.236 e. The highest BCUT2D eigenvalue weighted by molar-refractivity contribution is 5.63. The van der Waals surface area contributed by atoms with Crippen molar-refractivity contribution in [1.82, 2.24) is 34.3 Å². The third-order valence-electron chi connectivity index (χ3n) is 5.55. The Bertz CT molecular complexity index is 923. The molecule has 0 N–H and O–H groups in total. The van der Waals surface area contributed by atoms with Gasteiger partial charge in [0.15, 0.2) is 11.6 Å². The van der Waals surface area contributed by atoms with Gasteiger partial charge in [-0.25, -0.2) is 9.97 Å². The summed E-state index contributed by atoms with van der Waals surface area (Å²) in [7, 11) is 0. The summed E-state index contributed by atoms with van der Waals surface area (Å²) < 4.78 is 3.97. The summed E-state index contributed by atoms with van der Waals surface area (Å²) >= 11 is 0. The Balaban J connectivity index is 1.73. The molecule has 0 amide bonds. The lowest BCUT2D eigenvalue weighted by molar-refractivity contribution is 0.467. The van der Waals surface area contributed by atoms with Gasteiger partial charge in [-0.05, 0) is 26.2 Å². The van der Waals surface area contributed by atoms with Gasteiger partial charge in [0.25, 0.3) is 0 Å². The average Bonchev–Trinajstić information content (AvgIpc) is 3.42. The standard InChI is InChI=1S/C18H22N8/c1-3-14-17-23-22-12(2)25(17)15-10-20-18(24-9-8-19-11-24)21-16(15)26(14)13-6-4-5-7-13/h8-11,13-14H,3-7H2,1-2H3. The predicted octanol–water partition coefficient (Wildman–Crippen LogP) is 2.77. The molecule has 1 aliphatic carbocycles. The van der Waals surface area contributed by atoms with Crippen LogP contribution in [-0.4, -0.2) is 40.3 Å². The average molecular weight is 350 g/mol. The van der Waals surface area contributed by atoms with E-state index in [-0.39, 0.29) is 6.04 Å². The lowest BCUT2D eigenvalue weighted by Crippen LogP contribution is -2.42. The molecule has 26 heavy (non-hydrogen) atoms. The van der Waals surface area contributed by atoms with Crippen molar-refractivity contribution in [1.29, 1.82) is 0 Å². The van der Waals surface area contributed by atoms with Crippen LogP contribution < -0.4 is 4.90 Å². The zero-order chi connectivity index (χ0) is 17.7. The van der Waals surface area contributed by atoms with E-state index in [0.717, 1.165) is 29.6 Å². The van der Waals surface area contributed by atoms with Gasteiger partial charge < -0.3 is 4.90 Å². The van der Waals surface area contributed by atoms with Crippen molar-refractivity contribution in [3.05, 3.63) is 36.6 Å². The van der Waals surface area contributed by atoms with Crippen molar-refractivity contribution in [3.8, 4) is 11.6 Å². The molecule has 0 saturated heterocycles. The highest BCUT2D eigenvalue weighted by Gasteiger charge is 2.39. The fraction of sp³-hybridized carbons (Fsp3) is 0.500. The predicted molar refractivity (Wildman–Crippen MR) is 96.6 cm³/mol. The van der Waals surface area contributed by atoms with E-state index in [4.69, 9.17) is 4.98 Å². The third-order valence-corrected chi connectivity index (χ3v) is 5.55. The fourth-order valence-electron chi connectivity index (χ4n) is 4.36. The van der Waals surface area contributed by atoms with Gasteiger partial charge in [-0.15, -0.1) is 10.2 Å². The molecule has 1 saturated carbocycles. The van der Waals surface area contributed by atoms with Crippen LogP contribution in [0.3, 0.4) is 0 Å². The van der Waals surface area contributed by atoms with Crippen LogP contribution in [0, 0.1) is 6.92 Å². The summed E-state index contributed by atoms with van der Waals surface area (Å²) in [6, 6.07) is 0.687. The van der Waals surface area contributed by atoms with E-state index in [1.807, 2.05) is 23.9 Å². The molecule has 1 unspecified atom stereocenters. The van der Waals surface area contributed by atoms with Gasteiger partial charge >= 0.3 is 0 Å². The van der Waals surface area contributed by atoms with Gasteiger partial charge in [0.05, 0.1) is 12.2 Å². The quantitative estimate of drug-likeness (QED) is 0.723. The Morgan fingerprint density at radius 2 is 2.04 bits per heavy atom. The summed E-state index contributed by atoms with van der Waals surface area (Å²) in [5, 5.41) is 8.85. The molecule has 0 spiro atoms. The van der Waals surface area contributed by atoms with Crippen LogP contribution in [0.15, 0.2) is 24.9 Å². The molecule has 8 heteroatoms. The Kier molecular flexibility index (Phi) is 3.51. The fourth-order valence-corrected chi connectivity index (χ4v) is 4.36. The van der Waals surface area contributed by atoms with Gasteiger partial charge in [-0.3, -0.25) is 9.13 Å². The molecule has 134 valence electrons. The molecule has 3 aromatic rings. The number of aryl methyl sites for hydroxylation is 1. The number of anilines is 1. The zero-order valence-electron chi connectivity index (χ0n) is 15.1. The van der Waals surface area contributed by atoms with Crippen LogP contribution in [-0.2, 0) is 0 Å². The van der Waals surface area contributed by atoms with E-state index in [1.54, 1.807) is 12.5 Å². The summed E-state index contributed by atoms with van der Waals surface area (Å²) in [4.78, 5) is 16.1. The van der Waals surface area contributed by atoms with Gasteiger partial charge in [-0.1, -0.05) is 19.8 Å². The molecule has 2 aliphatic rings. The van der Waals surface area contributed by atoms with E-state index in [9.17, 15) is 0 Å². The molecule has 1 fully saturated rings. The minimum absolute atomic E-state index is 0.192. The SMILES string of the molecule is CCC1c2nnc(C)n2-c2cnc(-n3ccnc3)nc2N1C1CCCC1. The number of rotatable bonds is 3. The molecule has 5 rings (SSSR count). The summed E-state index contributed by atoms with van der Waals surface area (Å²) in [5.74, 6) is 3.51. The molecular weight excluding hydrogens is 328 g/mol. The van der Waals surface area contributed by atoms with Crippen molar-refractivity contribution < 1.29 is 0 Å². The first-order valence-corrected chi connectivity index (χ1v) is 9.34. The first-order chi connectivity index (χ1) is 12.8. The van der Waals surface area contributed by atoms with Gasteiger partial charge in [-0.2, -0.15) is 4.98 Å². The van der Waals surface area contributed by atoms with E-state index >= 15 is 0 Å². The monoisotopic (exact) mass is 350 g/mol. The highest BCUT2D eigenvalue weighted by atomic mass is 15.4. The summed E-state index contributed by atoms with van der Waals surface area (Å²) in [6.45, 7) is 4.20. The minimum atomic E-state index is 0.192. The number of hydrogen-bond donors (Lipinski definition) is 0. The van der Waals surface area contributed by atoms with Crippen LogP contribution in [0.25, 0.3) is 11.6 Å². The van der Waals surface area contributed by atoms with Gasteiger partial charge in [0.2, 0.25) is 5.95 Å². The van der Waals surface area contributed by atoms with Crippen LogP contribution in [0.1, 0.15) is 56.7 Å². The van der Waals surface area contributed by atoms with E-state index in [1.165, 1.54) is 25.7 Å². The first kappa shape index (κ1) is 15.5. The maximum atomic E-state index is 4.96. The first-order valence-electron chi connectivity index (χ1n) is 9.34. The van der Waals surface area contributed by atoms with Crippen molar-refractivity contribution in [2.45, 2.75) is 58.0 Å². The Morgan fingerprint density at radius 1 is 1.19 bits per heavy atom. The molecule has 1 aliphatic heterocycles. The zero-order valence-corrected chi connectivity index (χ0v) is 15.1. The van der Waals surface area contributed by atoms with Gasteiger partial charge in [0, 0.05) is 18.4 Å². The van der Waals surface area contributed by atoms with E-state index in [0.29, 0.717) is 12.0 Å².